The van der Waals surface area contributed by atoms with Gasteiger partial charge in [0.05, 0.1) is 19.5 Å². The summed E-state index contributed by atoms with van der Waals surface area (Å²) in [4.78, 5) is 22.4. The maximum atomic E-state index is 11.9. The molecule has 0 saturated carbocycles. The molecule has 13 heteroatoms. The summed E-state index contributed by atoms with van der Waals surface area (Å²) in [7, 11) is 0. The van der Waals surface area contributed by atoms with Crippen LogP contribution in [0.15, 0.2) is 23.8 Å². The summed E-state index contributed by atoms with van der Waals surface area (Å²) in [6.45, 7) is 0.835. The van der Waals surface area contributed by atoms with Gasteiger partial charge in [-0.3, -0.25) is 18.9 Å². The molecule has 0 aromatic carbocycles. The number of H-pyrrole nitrogens is 1. The zero-order valence-corrected chi connectivity index (χ0v) is 15.1. The maximum Gasteiger partial charge on any atom is 0.328 e. The Hall–Kier alpha value is -1.66. The highest BCUT2D eigenvalue weighted by Gasteiger charge is 2.52. The lowest BCUT2D eigenvalue weighted by molar-refractivity contribution is -0.0613. The highest BCUT2D eigenvalue weighted by Crippen LogP contribution is 2.57. The Labute approximate surface area is 152 Å². The number of aliphatic hydroxyl groups is 1. The fourth-order valence-corrected chi connectivity index (χ4v) is 4.93. The summed E-state index contributed by atoms with van der Waals surface area (Å²) in [5.41, 5.74) is 5.39. The van der Waals surface area contributed by atoms with E-state index in [1.165, 1.54) is 17.0 Å². The molecule has 2 aromatic rings. The molecule has 2 aliphatic heterocycles. The number of hydrogen-bond donors (Lipinski definition) is 3. The number of nitrogens with one attached hydrogen (secondary N) is 1. The van der Waals surface area contributed by atoms with E-state index in [1.54, 1.807) is 0 Å². The summed E-state index contributed by atoms with van der Waals surface area (Å²) in [6, 6.07) is 0. The standard InChI is InChI=1S/C13H16N5O6PS/c1-2-3-21-25(26)22-4-6-9(24-25)8(19)12(23-6)18-5-15-7-10(18)16-13(14)17-11(7)20/h2,5-6,8-9,12,19H,1,3-4H2,(H3,14,16,17,20)/t6-,8?,9?,12-,25?/m1/s1. The number of nitrogen functional groups attached to an aromatic ring is 1. The molecule has 0 spiro atoms. The van der Waals surface area contributed by atoms with Crippen molar-refractivity contribution in [2.45, 2.75) is 24.5 Å². The molecule has 26 heavy (non-hydrogen) atoms. The van der Waals surface area contributed by atoms with Gasteiger partial charge in [0, 0.05) is 0 Å². The Kier molecular flexibility index (Phi) is 4.43. The van der Waals surface area contributed by atoms with E-state index in [4.69, 9.17) is 35.8 Å². The van der Waals surface area contributed by atoms with Gasteiger partial charge in [-0.15, -0.1) is 6.58 Å². The molecule has 4 heterocycles. The first-order chi connectivity index (χ1) is 12.4. The lowest BCUT2D eigenvalue weighted by Crippen LogP contribution is -2.39. The number of fused-ring (bicyclic) bond motifs is 2. The van der Waals surface area contributed by atoms with Crippen molar-refractivity contribution in [3.8, 4) is 0 Å². The monoisotopic (exact) mass is 401 g/mol. The quantitative estimate of drug-likeness (QED) is 0.465. The van der Waals surface area contributed by atoms with E-state index in [0.29, 0.717) is 0 Å². The highest BCUT2D eigenvalue weighted by molar-refractivity contribution is 8.07. The molecule has 2 fully saturated rings. The first-order valence-electron chi connectivity index (χ1n) is 7.66. The molecule has 0 bridgehead atoms. The van der Waals surface area contributed by atoms with Crippen molar-refractivity contribution >= 4 is 35.6 Å². The summed E-state index contributed by atoms with van der Waals surface area (Å²) >= 11 is 5.28. The summed E-state index contributed by atoms with van der Waals surface area (Å²) in [5, 5.41) is 10.7. The van der Waals surface area contributed by atoms with Crippen LogP contribution in [0.3, 0.4) is 0 Å². The third-order valence-corrected chi connectivity index (χ3v) is 6.36. The SMILES string of the molecule is C=CCOP1(=S)OC[C@H]2O[C@@H](n3cnc4c(=O)[nH]c(N)nc43)C(O)C2O1. The van der Waals surface area contributed by atoms with Crippen molar-refractivity contribution < 1.29 is 23.4 Å². The summed E-state index contributed by atoms with van der Waals surface area (Å²) < 4.78 is 23.9. The minimum absolute atomic E-state index is 0.0675. The van der Waals surface area contributed by atoms with E-state index in [1.807, 2.05) is 0 Å². The van der Waals surface area contributed by atoms with Crippen molar-refractivity contribution in [3.63, 3.8) is 0 Å². The number of aliphatic hydroxyl groups excluding tert-OH is 1. The van der Waals surface area contributed by atoms with E-state index < -0.39 is 36.8 Å². The molecular weight excluding hydrogens is 385 g/mol. The Morgan fingerprint density at radius 2 is 2.46 bits per heavy atom. The van der Waals surface area contributed by atoms with Gasteiger partial charge in [-0.05, 0) is 11.8 Å². The lowest BCUT2D eigenvalue weighted by atomic mass is 10.1. The van der Waals surface area contributed by atoms with Crippen LogP contribution in [0.5, 0.6) is 0 Å². The van der Waals surface area contributed by atoms with Crippen molar-refractivity contribution in [1.82, 2.24) is 19.5 Å². The molecule has 3 unspecified atom stereocenters. The number of nitrogens with zero attached hydrogens (tertiary/aromatic N) is 3. The average molecular weight is 401 g/mol. The lowest BCUT2D eigenvalue weighted by Gasteiger charge is -2.33. The molecule has 2 aromatic heterocycles. The first-order valence-corrected chi connectivity index (χ1v) is 10.2. The molecule has 5 atom stereocenters. The van der Waals surface area contributed by atoms with E-state index in [0.717, 1.165) is 0 Å². The molecule has 4 N–H and O–H groups in total. The van der Waals surface area contributed by atoms with Crippen molar-refractivity contribution in [1.29, 1.82) is 0 Å². The third-order valence-electron chi connectivity index (χ3n) is 4.03. The summed E-state index contributed by atoms with van der Waals surface area (Å²) in [6.07, 6.45) is -0.423. The molecule has 0 aliphatic carbocycles. The fraction of sp³-hybridized carbons (Fsp3) is 0.462. The van der Waals surface area contributed by atoms with E-state index in [2.05, 4.69) is 21.5 Å². The number of aromatic amines is 1. The van der Waals surface area contributed by atoms with Crippen LogP contribution in [-0.4, -0.2) is 56.2 Å². The van der Waals surface area contributed by atoms with Gasteiger partial charge < -0.3 is 24.6 Å². The maximum absolute atomic E-state index is 11.9. The van der Waals surface area contributed by atoms with Crippen molar-refractivity contribution in [3.05, 3.63) is 29.3 Å². The van der Waals surface area contributed by atoms with E-state index in [-0.39, 0.29) is 30.3 Å². The highest BCUT2D eigenvalue weighted by atomic mass is 32.5. The molecule has 0 radical (unpaired) electrons. The van der Waals surface area contributed by atoms with Gasteiger partial charge in [-0.2, -0.15) is 4.98 Å². The largest absolute Gasteiger partial charge is 0.386 e. The molecule has 4 rings (SSSR count). The minimum atomic E-state index is -3.00. The van der Waals surface area contributed by atoms with Gasteiger partial charge in [0.15, 0.2) is 17.4 Å². The van der Waals surface area contributed by atoms with Crippen LogP contribution in [0.4, 0.5) is 5.95 Å². The van der Waals surface area contributed by atoms with Crippen LogP contribution < -0.4 is 11.3 Å². The van der Waals surface area contributed by atoms with Gasteiger partial charge in [-0.1, -0.05) is 6.08 Å². The first kappa shape index (κ1) is 17.7. The van der Waals surface area contributed by atoms with Crippen molar-refractivity contribution in [2.75, 3.05) is 18.9 Å². The predicted octanol–water partition coefficient (Wildman–Crippen LogP) is -0.197. The Morgan fingerprint density at radius 1 is 1.65 bits per heavy atom. The fourth-order valence-electron chi connectivity index (χ4n) is 2.90. The van der Waals surface area contributed by atoms with Gasteiger partial charge >= 0.3 is 6.72 Å². The van der Waals surface area contributed by atoms with E-state index >= 15 is 0 Å². The zero-order valence-electron chi connectivity index (χ0n) is 13.3. The predicted molar refractivity (Wildman–Crippen MR) is 93.7 cm³/mol. The van der Waals surface area contributed by atoms with E-state index in [9.17, 15) is 9.90 Å². The van der Waals surface area contributed by atoms with Gasteiger partial charge in [0.25, 0.3) is 5.56 Å². The van der Waals surface area contributed by atoms with Crippen LogP contribution in [0.25, 0.3) is 11.2 Å². The van der Waals surface area contributed by atoms with Gasteiger partial charge in [-0.25, -0.2) is 4.98 Å². The Morgan fingerprint density at radius 3 is 3.23 bits per heavy atom. The van der Waals surface area contributed by atoms with Crippen LogP contribution in [0.2, 0.25) is 0 Å². The number of imidazole rings is 1. The number of anilines is 1. The number of ether oxygens (including phenoxy) is 1. The minimum Gasteiger partial charge on any atom is -0.386 e. The number of nitrogens with two attached hydrogens (primary N) is 1. The van der Waals surface area contributed by atoms with Gasteiger partial charge in [0.2, 0.25) is 5.95 Å². The molecular formula is C13H16N5O6PS. The Bertz CT molecular complexity index is 962. The second-order valence-electron chi connectivity index (χ2n) is 5.73. The van der Waals surface area contributed by atoms with Gasteiger partial charge in [0.1, 0.15) is 18.3 Å². The molecule has 0 amide bonds. The third kappa shape index (κ3) is 2.89. The average Bonchev–Trinajstić information content (AvgIpc) is 3.15. The molecule has 11 nitrogen and oxygen atoms in total. The van der Waals surface area contributed by atoms with Crippen LogP contribution in [-0.2, 0) is 30.1 Å². The topological polar surface area (TPSA) is 147 Å². The van der Waals surface area contributed by atoms with Crippen LogP contribution >= 0.6 is 6.72 Å². The van der Waals surface area contributed by atoms with Crippen LogP contribution in [0, 0.1) is 0 Å². The summed E-state index contributed by atoms with van der Waals surface area (Å²) in [5.74, 6) is -0.0675. The number of hydrogen-bond acceptors (Lipinski definition) is 10. The zero-order chi connectivity index (χ0) is 18.5. The van der Waals surface area contributed by atoms with Crippen LogP contribution in [0.1, 0.15) is 6.23 Å². The normalized spacial score (nSPS) is 34.0. The number of rotatable bonds is 4. The Balaban J connectivity index is 1.64. The smallest absolute Gasteiger partial charge is 0.328 e. The molecule has 2 saturated heterocycles. The second-order valence-corrected chi connectivity index (χ2v) is 8.69. The number of aromatic nitrogens is 4. The molecule has 140 valence electrons. The molecule has 2 aliphatic rings. The van der Waals surface area contributed by atoms with Crippen molar-refractivity contribution in [2.24, 2.45) is 0 Å². The second kappa shape index (κ2) is 6.50.